The maximum atomic E-state index is 13.7. The molecule has 4 fully saturated rings. The molecule has 5 amide bonds. The van der Waals surface area contributed by atoms with Crippen molar-refractivity contribution in [2.75, 3.05) is 49.1 Å². The summed E-state index contributed by atoms with van der Waals surface area (Å²) in [6.07, 6.45) is 0.0319. The highest BCUT2D eigenvalue weighted by Crippen LogP contribution is 2.46. The number of rotatable bonds is 6. The first-order valence-electron chi connectivity index (χ1n) is 20.8. The van der Waals surface area contributed by atoms with Crippen molar-refractivity contribution in [1.29, 1.82) is 5.26 Å². The molecule has 0 saturated carbocycles. The molecule has 60 heavy (non-hydrogen) atoms. The van der Waals surface area contributed by atoms with Gasteiger partial charge in [0.25, 0.3) is 17.7 Å². The number of benzene rings is 3. The van der Waals surface area contributed by atoms with Crippen LogP contribution in [0.1, 0.15) is 105 Å². The number of imide groups is 2. The summed E-state index contributed by atoms with van der Waals surface area (Å²) in [6.45, 7) is 7.79. The van der Waals surface area contributed by atoms with Gasteiger partial charge in [-0.3, -0.25) is 39.1 Å². The molecule has 0 bridgehead atoms. The van der Waals surface area contributed by atoms with Gasteiger partial charge in [-0.1, -0.05) is 0 Å². The average molecular weight is 822 g/mol. The Balaban J connectivity index is 0.747. The number of carbonyl (C=O) groups is 5. The van der Waals surface area contributed by atoms with Gasteiger partial charge >= 0.3 is 6.18 Å². The van der Waals surface area contributed by atoms with Crippen molar-refractivity contribution in [2.45, 2.75) is 83.2 Å². The van der Waals surface area contributed by atoms with Crippen LogP contribution in [-0.4, -0.2) is 95.6 Å². The third kappa shape index (κ3) is 7.18. The van der Waals surface area contributed by atoms with Crippen molar-refractivity contribution in [1.82, 2.24) is 20.0 Å². The number of halogens is 3. The number of alkyl halides is 3. The van der Waals surface area contributed by atoms with Gasteiger partial charge in [-0.05, 0) is 123 Å². The first kappa shape index (κ1) is 39.7. The first-order chi connectivity index (χ1) is 28.7. The van der Waals surface area contributed by atoms with Crippen LogP contribution in [0.25, 0.3) is 0 Å². The number of hydrogen-bond donors (Lipinski definition) is 1. The highest BCUT2D eigenvalue weighted by Gasteiger charge is 2.47. The number of anilines is 2. The molecule has 12 nitrogen and oxygen atoms in total. The van der Waals surface area contributed by atoms with Crippen molar-refractivity contribution >= 4 is 40.9 Å². The minimum Gasteiger partial charge on any atom is -0.371 e. The Hall–Kier alpha value is -5.75. The Kier molecular flexibility index (Phi) is 9.96. The van der Waals surface area contributed by atoms with Gasteiger partial charge in [0.1, 0.15) is 6.04 Å². The van der Waals surface area contributed by atoms with E-state index in [2.05, 4.69) is 26.9 Å². The van der Waals surface area contributed by atoms with Crippen LogP contribution in [-0.2, 0) is 28.9 Å². The van der Waals surface area contributed by atoms with Gasteiger partial charge in [0.05, 0.1) is 28.3 Å². The molecule has 1 spiro atoms. The topological polar surface area (TPSA) is 137 Å². The fraction of sp³-hybridized carbons (Fsp3) is 0.467. The Morgan fingerprint density at radius 2 is 1.50 bits per heavy atom. The van der Waals surface area contributed by atoms with Gasteiger partial charge in [0.2, 0.25) is 11.8 Å². The monoisotopic (exact) mass is 821 g/mol. The molecule has 15 heteroatoms. The Morgan fingerprint density at radius 1 is 0.867 bits per heavy atom. The van der Waals surface area contributed by atoms with Crippen molar-refractivity contribution in [3.05, 3.63) is 93.5 Å². The van der Waals surface area contributed by atoms with Crippen LogP contribution in [0, 0.1) is 22.7 Å². The minimum absolute atomic E-state index is 0.00656. The molecule has 0 aliphatic carbocycles. The molecule has 0 aromatic heterocycles. The number of nitrogens with zero attached hydrogens (tertiary/aromatic N) is 6. The molecule has 3 aromatic carbocycles. The van der Waals surface area contributed by atoms with Crippen LogP contribution < -0.4 is 15.1 Å². The zero-order chi connectivity index (χ0) is 42.1. The predicted octanol–water partition coefficient (Wildman–Crippen LogP) is 5.73. The highest BCUT2D eigenvalue weighted by atomic mass is 19.4. The fourth-order valence-corrected chi connectivity index (χ4v) is 10.6. The van der Waals surface area contributed by atoms with Gasteiger partial charge in [-0.15, -0.1) is 0 Å². The second-order valence-corrected chi connectivity index (χ2v) is 17.6. The van der Waals surface area contributed by atoms with Crippen LogP contribution in [0.15, 0.2) is 54.6 Å². The van der Waals surface area contributed by atoms with E-state index in [1.54, 1.807) is 24.3 Å². The van der Waals surface area contributed by atoms with E-state index in [1.165, 1.54) is 6.07 Å². The molecule has 0 radical (unpaired) electrons. The zero-order valence-electron chi connectivity index (χ0n) is 33.4. The maximum Gasteiger partial charge on any atom is 0.417 e. The zero-order valence-corrected chi connectivity index (χ0v) is 33.4. The average Bonchev–Trinajstić information content (AvgIpc) is 3.86. The van der Waals surface area contributed by atoms with Crippen molar-refractivity contribution < 1.29 is 37.1 Å². The second kappa shape index (κ2) is 15.1. The summed E-state index contributed by atoms with van der Waals surface area (Å²) in [5.41, 5.74) is 3.52. The number of fused-ring (bicyclic) bond motifs is 2. The smallest absolute Gasteiger partial charge is 0.371 e. The number of carbonyl (C=O) groups excluding carboxylic acids is 5. The quantitative estimate of drug-likeness (QED) is 0.309. The summed E-state index contributed by atoms with van der Waals surface area (Å²) in [6, 6.07) is 16.2. The van der Waals surface area contributed by atoms with E-state index < -0.39 is 41.4 Å². The summed E-state index contributed by atoms with van der Waals surface area (Å²) in [5.74, 6) is -1.62. The number of nitrogens with one attached hydrogen (secondary N) is 1. The number of nitriles is 1. The largest absolute Gasteiger partial charge is 0.417 e. The van der Waals surface area contributed by atoms with E-state index in [-0.39, 0.29) is 35.8 Å². The molecular weight excluding hydrogens is 776 g/mol. The summed E-state index contributed by atoms with van der Waals surface area (Å²) in [7, 11) is 0. The van der Waals surface area contributed by atoms with Crippen LogP contribution in [0.5, 0.6) is 0 Å². The third-order valence-corrected chi connectivity index (χ3v) is 13.8. The molecule has 6 heterocycles. The lowest BCUT2D eigenvalue weighted by Crippen LogP contribution is -2.54. The second-order valence-electron chi connectivity index (χ2n) is 17.6. The molecular formula is C45H46F3N7O5. The predicted molar refractivity (Wildman–Crippen MR) is 214 cm³/mol. The summed E-state index contributed by atoms with van der Waals surface area (Å²) >= 11 is 0. The van der Waals surface area contributed by atoms with Gasteiger partial charge in [0, 0.05) is 81.8 Å². The molecule has 3 aromatic rings. The molecule has 2 atom stereocenters. The van der Waals surface area contributed by atoms with E-state index in [0.717, 1.165) is 79.5 Å². The number of amides is 5. The molecule has 6 aliphatic heterocycles. The first-order valence-corrected chi connectivity index (χ1v) is 20.8. The van der Waals surface area contributed by atoms with Crippen LogP contribution >= 0.6 is 0 Å². The molecule has 1 N–H and O–H groups in total. The summed E-state index contributed by atoms with van der Waals surface area (Å²) in [5, 5.41) is 11.5. The Morgan fingerprint density at radius 3 is 2.10 bits per heavy atom. The van der Waals surface area contributed by atoms with Crippen LogP contribution in [0.3, 0.4) is 0 Å². The SMILES string of the molecule is CC1CC2(CCN(c3ccc(C(=O)N4CCC(CN5Cc6cc7c(cc6C5)C(=O)N(C5CCC(=O)NC5=O)C7=O)CC4)cc3)CC2)CN1c1ccc(C#N)c(C(F)(F)F)c1. The number of likely N-dealkylation sites (tertiary alicyclic amines) is 1. The molecule has 312 valence electrons. The minimum atomic E-state index is -4.60. The molecule has 2 unspecified atom stereocenters. The lowest BCUT2D eigenvalue weighted by atomic mass is 9.76. The van der Waals surface area contributed by atoms with Gasteiger partial charge in [0.15, 0.2) is 0 Å². The van der Waals surface area contributed by atoms with E-state index in [4.69, 9.17) is 0 Å². The van der Waals surface area contributed by atoms with Gasteiger partial charge in [-0.2, -0.15) is 18.4 Å². The van der Waals surface area contributed by atoms with E-state index >= 15 is 0 Å². The Labute approximate surface area is 345 Å². The molecule has 6 aliphatic rings. The van der Waals surface area contributed by atoms with E-state index in [0.29, 0.717) is 61.0 Å². The highest BCUT2D eigenvalue weighted by molar-refractivity contribution is 6.23. The van der Waals surface area contributed by atoms with Crippen molar-refractivity contribution in [3.8, 4) is 6.07 Å². The van der Waals surface area contributed by atoms with Crippen molar-refractivity contribution in [3.63, 3.8) is 0 Å². The van der Waals surface area contributed by atoms with Crippen LogP contribution in [0.4, 0.5) is 24.5 Å². The lowest BCUT2D eigenvalue weighted by Gasteiger charge is -2.40. The molecule has 9 rings (SSSR count). The number of piperidine rings is 3. The van der Waals surface area contributed by atoms with E-state index in [1.807, 2.05) is 29.2 Å². The van der Waals surface area contributed by atoms with E-state index in [9.17, 15) is 42.4 Å². The normalized spacial score (nSPS) is 23.3. The van der Waals surface area contributed by atoms with Crippen LogP contribution in [0.2, 0.25) is 0 Å². The maximum absolute atomic E-state index is 13.7. The van der Waals surface area contributed by atoms with Gasteiger partial charge in [-0.25, -0.2) is 0 Å². The fourth-order valence-electron chi connectivity index (χ4n) is 10.6. The summed E-state index contributed by atoms with van der Waals surface area (Å²) < 4.78 is 41.1. The lowest BCUT2D eigenvalue weighted by molar-refractivity contribution is -0.138. The van der Waals surface area contributed by atoms with Gasteiger partial charge < -0.3 is 14.7 Å². The Bertz CT molecular complexity index is 2280. The standard InChI is InChI=1S/C45H46F3N7O5/c1-27-21-44(26-54(27)34-7-4-30(22-49)37(20-34)45(46,47)48)12-16-52(17-13-44)33-5-2-29(3-6-33)41(58)53-14-10-28(11-15-53)23-51-24-31-18-35-36(19-32(31)25-51)43(60)55(42(35)59)38-8-9-39(56)50-40(38)57/h2-7,18-20,27-28,38H,8-17,21,23-26H2,1H3,(H,50,56,57). The third-order valence-electron chi connectivity index (χ3n) is 13.8. The van der Waals surface area contributed by atoms with Crippen molar-refractivity contribution in [2.24, 2.45) is 11.3 Å². The molecule has 4 saturated heterocycles. The summed E-state index contributed by atoms with van der Waals surface area (Å²) in [4.78, 5) is 73.9. The number of hydrogen-bond acceptors (Lipinski definition) is 9.